The van der Waals surface area contributed by atoms with Crippen LogP contribution >= 0.6 is 0 Å². The van der Waals surface area contributed by atoms with Gasteiger partial charge in [-0.05, 0) is 68.9 Å². The molecular weight excluding hydrogens is 445 g/mol. The van der Waals surface area contributed by atoms with E-state index in [1.165, 1.54) is 12.1 Å². The molecule has 0 atom stereocenters. The van der Waals surface area contributed by atoms with Crippen LogP contribution in [0.2, 0.25) is 0 Å². The van der Waals surface area contributed by atoms with Crippen molar-refractivity contribution in [2.75, 3.05) is 26.8 Å². The summed E-state index contributed by atoms with van der Waals surface area (Å²) in [6.07, 6.45) is 6.45. The molecule has 6 nitrogen and oxygen atoms in total. The summed E-state index contributed by atoms with van der Waals surface area (Å²) in [5.74, 6) is 1.25. The topological polar surface area (TPSA) is 72.4 Å². The molecule has 4 rings (SSSR count). The molecule has 1 aliphatic heterocycles. The van der Waals surface area contributed by atoms with Gasteiger partial charge >= 0.3 is 0 Å². The van der Waals surface area contributed by atoms with Gasteiger partial charge in [0.2, 0.25) is 0 Å². The molecule has 186 valence electrons. The lowest BCUT2D eigenvalue weighted by atomic mass is 9.93. The van der Waals surface area contributed by atoms with Gasteiger partial charge in [0.1, 0.15) is 11.6 Å². The van der Waals surface area contributed by atoms with E-state index in [0.29, 0.717) is 28.2 Å². The monoisotopic (exact) mass is 479 g/mol. The maximum absolute atomic E-state index is 13.3. The SMILES string of the molecule is CCCC(C)=O.COCCC1CCN(C(=O)c2ccc(-c3ncc4cc(F)ccc4n3)cc2)CC1. The number of fused-ring (bicyclic) bond motifs is 1. The van der Waals surface area contributed by atoms with Gasteiger partial charge in [0.15, 0.2) is 5.82 Å². The first-order valence-electron chi connectivity index (χ1n) is 12.2. The zero-order valence-electron chi connectivity index (χ0n) is 20.8. The van der Waals surface area contributed by atoms with Gasteiger partial charge in [0.05, 0.1) is 5.52 Å². The van der Waals surface area contributed by atoms with Crippen LogP contribution in [0, 0.1) is 11.7 Å². The van der Waals surface area contributed by atoms with E-state index in [9.17, 15) is 14.0 Å². The van der Waals surface area contributed by atoms with Gasteiger partial charge in [-0.15, -0.1) is 0 Å². The van der Waals surface area contributed by atoms with Crippen LogP contribution in [0.25, 0.3) is 22.3 Å². The Kier molecular flexibility index (Phi) is 9.85. The number of methoxy groups -OCH3 is 1. The van der Waals surface area contributed by atoms with Crippen molar-refractivity contribution in [3.8, 4) is 11.4 Å². The van der Waals surface area contributed by atoms with Crippen LogP contribution in [-0.2, 0) is 9.53 Å². The molecule has 0 radical (unpaired) electrons. The van der Waals surface area contributed by atoms with Gasteiger partial charge in [0.25, 0.3) is 5.91 Å². The molecule has 1 saturated heterocycles. The number of ketones is 1. The van der Waals surface area contributed by atoms with Gasteiger partial charge in [-0.25, -0.2) is 14.4 Å². The summed E-state index contributed by atoms with van der Waals surface area (Å²) in [5.41, 5.74) is 2.19. The number of hydrogen-bond acceptors (Lipinski definition) is 5. The zero-order valence-corrected chi connectivity index (χ0v) is 20.8. The highest BCUT2D eigenvalue weighted by atomic mass is 19.1. The van der Waals surface area contributed by atoms with Crippen LogP contribution in [0.15, 0.2) is 48.7 Å². The lowest BCUT2D eigenvalue weighted by molar-refractivity contribution is -0.117. The summed E-state index contributed by atoms with van der Waals surface area (Å²) >= 11 is 0. The summed E-state index contributed by atoms with van der Waals surface area (Å²) in [6.45, 7) is 5.98. The molecule has 0 unspecified atom stereocenters. The minimum atomic E-state index is -0.306. The Balaban J connectivity index is 0.000000509. The van der Waals surface area contributed by atoms with E-state index < -0.39 is 0 Å². The van der Waals surface area contributed by atoms with Gasteiger partial charge in [0, 0.05) is 55.9 Å². The summed E-state index contributed by atoms with van der Waals surface area (Å²) in [6, 6.07) is 11.8. The molecule has 7 heteroatoms. The minimum Gasteiger partial charge on any atom is -0.385 e. The molecule has 2 heterocycles. The molecular formula is C28H34FN3O3. The van der Waals surface area contributed by atoms with Gasteiger partial charge in [-0.2, -0.15) is 0 Å². The number of likely N-dealkylation sites (tertiary alicyclic amines) is 1. The van der Waals surface area contributed by atoms with E-state index in [2.05, 4.69) is 9.97 Å². The van der Waals surface area contributed by atoms with Crippen molar-refractivity contribution in [3.05, 3.63) is 60.0 Å². The van der Waals surface area contributed by atoms with Crippen LogP contribution in [-0.4, -0.2) is 53.4 Å². The van der Waals surface area contributed by atoms with Crippen molar-refractivity contribution >= 4 is 22.6 Å². The first kappa shape index (κ1) is 26.4. The van der Waals surface area contributed by atoms with Crippen molar-refractivity contribution in [2.24, 2.45) is 5.92 Å². The summed E-state index contributed by atoms with van der Waals surface area (Å²) in [5, 5.41) is 0.662. The molecule has 2 aromatic carbocycles. The minimum absolute atomic E-state index is 0.0663. The van der Waals surface area contributed by atoms with E-state index in [4.69, 9.17) is 4.74 Å². The molecule has 0 spiro atoms. The second-order valence-electron chi connectivity index (χ2n) is 8.94. The molecule has 0 bridgehead atoms. The number of piperidine rings is 1. The average molecular weight is 480 g/mol. The number of nitrogens with zero attached hydrogens (tertiary/aromatic N) is 3. The number of carbonyl (C=O) groups excluding carboxylic acids is 2. The summed E-state index contributed by atoms with van der Waals surface area (Å²) in [7, 11) is 1.73. The molecule has 35 heavy (non-hydrogen) atoms. The Morgan fingerprint density at radius 1 is 1.11 bits per heavy atom. The van der Waals surface area contributed by atoms with E-state index in [1.54, 1.807) is 26.3 Å². The molecule has 1 amide bonds. The number of aromatic nitrogens is 2. The third-order valence-corrected chi connectivity index (χ3v) is 6.17. The fraction of sp³-hybridized carbons (Fsp3) is 0.429. The largest absolute Gasteiger partial charge is 0.385 e. The van der Waals surface area contributed by atoms with E-state index in [1.807, 2.05) is 36.1 Å². The van der Waals surface area contributed by atoms with Crippen LogP contribution < -0.4 is 0 Å². The predicted molar refractivity (Wildman–Crippen MR) is 136 cm³/mol. The Bertz CT molecular complexity index is 1130. The van der Waals surface area contributed by atoms with Crippen LogP contribution in [0.1, 0.15) is 56.3 Å². The van der Waals surface area contributed by atoms with Gasteiger partial charge in [-0.1, -0.05) is 19.1 Å². The highest BCUT2D eigenvalue weighted by Gasteiger charge is 2.23. The van der Waals surface area contributed by atoms with Crippen molar-refractivity contribution in [1.29, 1.82) is 0 Å². The van der Waals surface area contributed by atoms with E-state index >= 15 is 0 Å². The number of carbonyl (C=O) groups is 2. The van der Waals surface area contributed by atoms with Crippen molar-refractivity contribution in [1.82, 2.24) is 14.9 Å². The molecule has 1 aliphatic rings. The number of amides is 1. The van der Waals surface area contributed by atoms with Crippen LogP contribution in [0.5, 0.6) is 0 Å². The maximum Gasteiger partial charge on any atom is 0.253 e. The number of hydrogen-bond donors (Lipinski definition) is 0. The highest BCUT2D eigenvalue weighted by molar-refractivity contribution is 5.94. The number of ether oxygens (including phenoxy) is 1. The van der Waals surface area contributed by atoms with E-state index in [-0.39, 0.29) is 17.5 Å². The summed E-state index contributed by atoms with van der Waals surface area (Å²) in [4.78, 5) is 33.6. The lowest BCUT2D eigenvalue weighted by Gasteiger charge is -2.32. The second-order valence-corrected chi connectivity index (χ2v) is 8.94. The van der Waals surface area contributed by atoms with Crippen molar-refractivity contribution < 1.29 is 18.7 Å². The quantitative estimate of drug-likeness (QED) is 0.435. The fourth-order valence-electron chi connectivity index (χ4n) is 4.15. The van der Waals surface area contributed by atoms with Crippen molar-refractivity contribution in [3.63, 3.8) is 0 Å². The third-order valence-electron chi connectivity index (χ3n) is 6.17. The molecule has 0 saturated carbocycles. The predicted octanol–water partition coefficient (Wildman–Crippen LogP) is 5.70. The molecule has 3 aromatic rings. The fourth-order valence-corrected chi connectivity index (χ4v) is 4.15. The Morgan fingerprint density at radius 3 is 2.43 bits per heavy atom. The summed E-state index contributed by atoms with van der Waals surface area (Å²) < 4.78 is 18.5. The number of halogens is 1. The number of rotatable bonds is 7. The lowest BCUT2D eigenvalue weighted by Crippen LogP contribution is -2.38. The number of benzene rings is 2. The zero-order chi connectivity index (χ0) is 25.2. The standard InChI is InChI=1S/C23H24FN3O2.C5H10O/c1-29-13-10-16-8-11-27(12-9-16)23(28)18-4-2-17(3-5-18)22-25-15-19-14-20(24)6-7-21(19)26-22;1-3-4-5(2)6/h2-7,14-16H,8-13H2,1H3;3-4H2,1-2H3. The van der Waals surface area contributed by atoms with Crippen LogP contribution in [0.3, 0.4) is 0 Å². The Labute approximate surface area is 206 Å². The molecule has 0 N–H and O–H groups in total. The van der Waals surface area contributed by atoms with E-state index in [0.717, 1.165) is 57.4 Å². The highest BCUT2D eigenvalue weighted by Crippen LogP contribution is 2.23. The van der Waals surface area contributed by atoms with Gasteiger partial charge < -0.3 is 14.4 Å². The van der Waals surface area contributed by atoms with Gasteiger partial charge in [-0.3, -0.25) is 4.79 Å². The smallest absolute Gasteiger partial charge is 0.253 e. The third kappa shape index (κ3) is 7.65. The Hall–Kier alpha value is -3.19. The Morgan fingerprint density at radius 2 is 1.83 bits per heavy atom. The first-order valence-corrected chi connectivity index (χ1v) is 12.2. The molecule has 1 fully saturated rings. The normalized spacial score (nSPS) is 13.9. The van der Waals surface area contributed by atoms with Crippen molar-refractivity contribution in [2.45, 2.75) is 46.0 Å². The number of Topliss-reactive ketones (excluding diaryl/α,β-unsaturated/α-hetero) is 1. The maximum atomic E-state index is 13.3. The first-order chi connectivity index (χ1) is 16.9. The van der Waals surface area contributed by atoms with Crippen LogP contribution in [0.4, 0.5) is 4.39 Å². The second kappa shape index (κ2) is 13.0. The average Bonchev–Trinajstić information content (AvgIpc) is 2.87. The molecule has 0 aliphatic carbocycles. The molecule has 1 aromatic heterocycles.